The molecule has 0 N–H and O–H groups in total. The smallest absolute Gasteiger partial charge is 0.227 e. The SMILES string of the molecule is CN(C(=O)CCc1cccs1)c1ccc2c(c1)OCCO2. The Balaban J connectivity index is 1.66. The Labute approximate surface area is 127 Å². The van der Waals surface area contributed by atoms with E-state index >= 15 is 0 Å². The quantitative estimate of drug-likeness (QED) is 0.871. The predicted molar refractivity (Wildman–Crippen MR) is 83.5 cm³/mol. The summed E-state index contributed by atoms with van der Waals surface area (Å²) in [7, 11) is 1.79. The molecule has 0 saturated carbocycles. The highest BCUT2D eigenvalue weighted by Crippen LogP contribution is 2.33. The zero-order valence-corrected chi connectivity index (χ0v) is 12.7. The van der Waals surface area contributed by atoms with Crippen LogP contribution in [0.3, 0.4) is 0 Å². The van der Waals surface area contributed by atoms with Crippen LogP contribution in [0.15, 0.2) is 35.7 Å². The van der Waals surface area contributed by atoms with Gasteiger partial charge in [-0.15, -0.1) is 11.3 Å². The Morgan fingerprint density at radius 1 is 1.24 bits per heavy atom. The summed E-state index contributed by atoms with van der Waals surface area (Å²) < 4.78 is 11.0. The first-order valence-electron chi connectivity index (χ1n) is 6.92. The highest BCUT2D eigenvalue weighted by molar-refractivity contribution is 7.09. The largest absolute Gasteiger partial charge is 0.486 e. The lowest BCUT2D eigenvalue weighted by molar-refractivity contribution is -0.118. The minimum atomic E-state index is 0.0973. The standard InChI is InChI=1S/C16H17NO3S/c1-17(16(18)7-5-13-3-2-10-21-13)12-4-6-14-15(11-12)20-9-8-19-14/h2-4,6,10-11H,5,7-9H2,1H3. The average molecular weight is 303 g/mol. The highest BCUT2D eigenvalue weighted by Gasteiger charge is 2.16. The summed E-state index contributed by atoms with van der Waals surface area (Å²) in [6.07, 6.45) is 1.29. The van der Waals surface area contributed by atoms with Gasteiger partial charge in [-0.05, 0) is 30.0 Å². The van der Waals surface area contributed by atoms with Gasteiger partial charge in [0.25, 0.3) is 0 Å². The van der Waals surface area contributed by atoms with Gasteiger partial charge in [-0.25, -0.2) is 0 Å². The lowest BCUT2D eigenvalue weighted by Crippen LogP contribution is -2.26. The molecule has 110 valence electrons. The number of amides is 1. The molecule has 0 atom stereocenters. The zero-order chi connectivity index (χ0) is 14.7. The molecular formula is C16H17NO3S. The molecular weight excluding hydrogens is 286 g/mol. The highest BCUT2D eigenvalue weighted by atomic mass is 32.1. The maximum atomic E-state index is 12.3. The number of thiophene rings is 1. The van der Waals surface area contributed by atoms with E-state index in [1.54, 1.807) is 23.3 Å². The second-order valence-electron chi connectivity index (χ2n) is 4.86. The second kappa shape index (κ2) is 6.18. The summed E-state index contributed by atoms with van der Waals surface area (Å²) in [6.45, 7) is 1.12. The third-order valence-electron chi connectivity index (χ3n) is 3.45. The fraction of sp³-hybridized carbons (Fsp3) is 0.312. The summed E-state index contributed by atoms with van der Waals surface area (Å²) in [5.41, 5.74) is 0.829. The zero-order valence-electron chi connectivity index (χ0n) is 11.9. The van der Waals surface area contributed by atoms with Gasteiger partial charge in [0.1, 0.15) is 13.2 Å². The molecule has 21 heavy (non-hydrogen) atoms. The van der Waals surface area contributed by atoms with Crippen molar-refractivity contribution in [1.82, 2.24) is 0 Å². The molecule has 5 heteroatoms. The van der Waals surface area contributed by atoms with Crippen LogP contribution in [0.4, 0.5) is 5.69 Å². The molecule has 2 heterocycles. The fourth-order valence-corrected chi connectivity index (χ4v) is 2.95. The molecule has 0 unspecified atom stereocenters. The number of nitrogens with zero attached hydrogens (tertiary/aromatic N) is 1. The van der Waals surface area contributed by atoms with Crippen LogP contribution in [0.1, 0.15) is 11.3 Å². The van der Waals surface area contributed by atoms with E-state index in [0.717, 1.165) is 17.9 Å². The number of ether oxygens (including phenoxy) is 2. The van der Waals surface area contributed by atoms with Crippen LogP contribution in [-0.2, 0) is 11.2 Å². The Hall–Kier alpha value is -2.01. The molecule has 1 amide bonds. The van der Waals surface area contributed by atoms with Gasteiger partial charge < -0.3 is 14.4 Å². The lowest BCUT2D eigenvalue weighted by Gasteiger charge is -2.22. The second-order valence-corrected chi connectivity index (χ2v) is 5.89. The van der Waals surface area contributed by atoms with Crippen LogP contribution < -0.4 is 14.4 Å². The maximum Gasteiger partial charge on any atom is 0.227 e. The first-order valence-corrected chi connectivity index (χ1v) is 7.80. The monoisotopic (exact) mass is 303 g/mol. The van der Waals surface area contributed by atoms with Crippen molar-refractivity contribution in [1.29, 1.82) is 0 Å². The third-order valence-corrected chi connectivity index (χ3v) is 4.39. The fourth-order valence-electron chi connectivity index (χ4n) is 2.24. The lowest BCUT2D eigenvalue weighted by atomic mass is 10.2. The van der Waals surface area contributed by atoms with Crippen molar-refractivity contribution in [2.24, 2.45) is 0 Å². The minimum absolute atomic E-state index is 0.0973. The first-order chi connectivity index (χ1) is 10.2. The molecule has 2 aromatic rings. The molecule has 1 aromatic heterocycles. The molecule has 0 fully saturated rings. The van der Waals surface area contributed by atoms with Crippen LogP contribution in [0.25, 0.3) is 0 Å². The molecule has 1 aliphatic rings. The first kappa shape index (κ1) is 13.9. The van der Waals surface area contributed by atoms with Crippen LogP contribution in [0.2, 0.25) is 0 Å². The van der Waals surface area contributed by atoms with Crippen molar-refractivity contribution in [3.63, 3.8) is 0 Å². The van der Waals surface area contributed by atoms with Crippen molar-refractivity contribution in [3.05, 3.63) is 40.6 Å². The molecule has 1 aromatic carbocycles. The Morgan fingerprint density at radius 2 is 2.05 bits per heavy atom. The van der Waals surface area contributed by atoms with Crippen molar-refractivity contribution >= 4 is 22.9 Å². The summed E-state index contributed by atoms with van der Waals surface area (Å²) in [5.74, 6) is 1.54. The van der Waals surface area contributed by atoms with Gasteiger partial charge in [0.05, 0.1) is 0 Å². The van der Waals surface area contributed by atoms with E-state index in [2.05, 4.69) is 6.07 Å². The number of hydrogen-bond acceptors (Lipinski definition) is 4. The van der Waals surface area contributed by atoms with E-state index in [0.29, 0.717) is 25.4 Å². The normalized spacial score (nSPS) is 13.0. The van der Waals surface area contributed by atoms with Gasteiger partial charge in [-0.2, -0.15) is 0 Å². The van der Waals surface area contributed by atoms with E-state index in [1.165, 1.54) is 4.88 Å². The molecule has 1 aliphatic heterocycles. The van der Waals surface area contributed by atoms with Crippen LogP contribution in [-0.4, -0.2) is 26.2 Å². The van der Waals surface area contributed by atoms with Gasteiger partial charge in [-0.1, -0.05) is 6.07 Å². The number of hydrogen-bond donors (Lipinski definition) is 0. The van der Waals surface area contributed by atoms with Gasteiger partial charge in [-0.3, -0.25) is 4.79 Å². The Morgan fingerprint density at radius 3 is 2.81 bits per heavy atom. The van der Waals surface area contributed by atoms with Crippen molar-refractivity contribution in [2.75, 3.05) is 25.2 Å². The average Bonchev–Trinajstić information content (AvgIpc) is 3.05. The molecule has 0 spiro atoms. The topological polar surface area (TPSA) is 38.8 Å². The van der Waals surface area contributed by atoms with E-state index in [1.807, 2.05) is 29.6 Å². The number of benzene rings is 1. The van der Waals surface area contributed by atoms with Gasteiger partial charge >= 0.3 is 0 Å². The van der Waals surface area contributed by atoms with Crippen LogP contribution in [0, 0.1) is 0 Å². The van der Waals surface area contributed by atoms with Crippen molar-refractivity contribution < 1.29 is 14.3 Å². The third kappa shape index (κ3) is 3.19. The predicted octanol–water partition coefficient (Wildman–Crippen LogP) is 3.11. The summed E-state index contributed by atoms with van der Waals surface area (Å²) in [6, 6.07) is 9.66. The van der Waals surface area contributed by atoms with Gasteiger partial charge in [0.15, 0.2) is 11.5 Å². The number of anilines is 1. The maximum absolute atomic E-state index is 12.3. The van der Waals surface area contributed by atoms with Crippen molar-refractivity contribution in [3.8, 4) is 11.5 Å². The van der Waals surface area contributed by atoms with E-state index in [9.17, 15) is 4.79 Å². The van der Waals surface area contributed by atoms with E-state index in [4.69, 9.17) is 9.47 Å². The molecule has 3 rings (SSSR count). The number of aryl methyl sites for hydroxylation is 1. The van der Waals surface area contributed by atoms with Crippen LogP contribution >= 0.6 is 11.3 Å². The van der Waals surface area contributed by atoms with Gasteiger partial charge in [0, 0.05) is 30.1 Å². The minimum Gasteiger partial charge on any atom is -0.486 e. The van der Waals surface area contributed by atoms with Crippen molar-refractivity contribution in [2.45, 2.75) is 12.8 Å². The molecule has 0 saturated heterocycles. The number of carbonyl (C=O) groups is 1. The summed E-state index contributed by atoms with van der Waals surface area (Å²) >= 11 is 1.68. The number of rotatable bonds is 4. The Kier molecular flexibility index (Phi) is 4.10. The molecule has 4 nitrogen and oxygen atoms in total. The van der Waals surface area contributed by atoms with E-state index < -0.39 is 0 Å². The molecule has 0 radical (unpaired) electrons. The van der Waals surface area contributed by atoms with E-state index in [-0.39, 0.29) is 5.91 Å². The summed E-state index contributed by atoms with van der Waals surface area (Å²) in [4.78, 5) is 15.2. The van der Waals surface area contributed by atoms with Gasteiger partial charge in [0.2, 0.25) is 5.91 Å². The van der Waals surface area contributed by atoms with Crippen LogP contribution in [0.5, 0.6) is 11.5 Å². The molecule has 0 aliphatic carbocycles. The summed E-state index contributed by atoms with van der Waals surface area (Å²) in [5, 5.41) is 2.03. The number of carbonyl (C=O) groups excluding carboxylic acids is 1. The number of fused-ring (bicyclic) bond motifs is 1. The molecule has 0 bridgehead atoms. The Bertz CT molecular complexity index is 624.